The van der Waals surface area contributed by atoms with Gasteiger partial charge in [-0.15, -0.1) is 0 Å². The molecular formula is C9H19N3O. The molecule has 0 aliphatic carbocycles. The van der Waals surface area contributed by atoms with Gasteiger partial charge in [0.1, 0.15) is 0 Å². The molecule has 4 heteroatoms. The fourth-order valence-electron chi connectivity index (χ4n) is 1.65. The zero-order valence-electron chi connectivity index (χ0n) is 8.47. The second-order valence-electron chi connectivity index (χ2n) is 3.49. The Labute approximate surface area is 79.7 Å². The van der Waals surface area contributed by atoms with Crippen LogP contribution in [0.3, 0.4) is 0 Å². The lowest BCUT2D eigenvalue weighted by Crippen LogP contribution is -2.45. The molecule has 0 aromatic heterocycles. The second-order valence-corrected chi connectivity index (χ2v) is 3.49. The molecule has 1 rings (SSSR count). The van der Waals surface area contributed by atoms with Crippen LogP contribution in [0.15, 0.2) is 0 Å². The Hall–Kier alpha value is -0.610. The molecule has 1 fully saturated rings. The van der Waals surface area contributed by atoms with Crippen LogP contribution in [0, 0.1) is 0 Å². The lowest BCUT2D eigenvalue weighted by atomic mass is 10.2. The Bertz CT molecular complexity index is 172. The van der Waals surface area contributed by atoms with Gasteiger partial charge in [-0.1, -0.05) is 6.92 Å². The van der Waals surface area contributed by atoms with Crippen LogP contribution in [0.2, 0.25) is 0 Å². The molecule has 1 aliphatic heterocycles. The molecule has 0 unspecified atom stereocenters. The summed E-state index contributed by atoms with van der Waals surface area (Å²) in [4.78, 5) is 13.2. The molecule has 2 N–H and O–H groups in total. The van der Waals surface area contributed by atoms with Crippen LogP contribution in [0.1, 0.15) is 13.8 Å². The largest absolute Gasteiger partial charge is 0.351 e. The van der Waals surface area contributed by atoms with Crippen LogP contribution in [0.4, 0.5) is 0 Å². The third kappa shape index (κ3) is 3.74. The van der Waals surface area contributed by atoms with Crippen LogP contribution in [0.5, 0.6) is 0 Å². The van der Waals surface area contributed by atoms with Crippen LogP contribution in [0.25, 0.3) is 0 Å². The van der Waals surface area contributed by atoms with Crippen molar-refractivity contribution in [3.63, 3.8) is 0 Å². The average Bonchev–Trinajstić information content (AvgIpc) is 2.28. The Morgan fingerprint density at radius 1 is 1.69 bits per heavy atom. The monoisotopic (exact) mass is 185 g/mol. The van der Waals surface area contributed by atoms with E-state index in [4.69, 9.17) is 0 Å². The number of amides is 1. The van der Waals surface area contributed by atoms with Gasteiger partial charge in [-0.2, -0.15) is 0 Å². The van der Waals surface area contributed by atoms with Gasteiger partial charge in [-0.25, -0.2) is 0 Å². The maximum atomic E-state index is 10.9. The van der Waals surface area contributed by atoms with E-state index >= 15 is 0 Å². The highest BCUT2D eigenvalue weighted by Gasteiger charge is 2.16. The third-order valence-electron chi connectivity index (χ3n) is 2.33. The number of carbonyl (C=O) groups is 1. The first kappa shape index (κ1) is 10.5. The minimum Gasteiger partial charge on any atom is -0.351 e. The van der Waals surface area contributed by atoms with Crippen molar-refractivity contribution in [1.29, 1.82) is 0 Å². The SMILES string of the molecule is CCN1CCNC[C@H](NC(C)=O)C1. The van der Waals surface area contributed by atoms with Crippen molar-refractivity contribution in [2.24, 2.45) is 0 Å². The highest BCUT2D eigenvalue weighted by atomic mass is 16.1. The topological polar surface area (TPSA) is 44.4 Å². The van der Waals surface area contributed by atoms with E-state index in [1.807, 2.05) is 0 Å². The Balaban J connectivity index is 2.39. The molecule has 1 saturated heterocycles. The Morgan fingerprint density at radius 3 is 3.08 bits per heavy atom. The molecular weight excluding hydrogens is 166 g/mol. The minimum absolute atomic E-state index is 0.0600. The number of rotatable bonds is 2. The molecule has 0 aromatic carbocycles. The van der Waals surface area contributed by atoms with Gasteiger partial charge in [-0.3, -0.25) is 4.79 Å². The van der Waals surface area contributed by atoms with Crippen molar-refractivity contribution >= 4 is 5.91 Å². The molecule has 1 aliphatic rings. The van der Waals surface area contributed by atoms with Crippen LogP contribution >= 0.6 is 0 Å². The molecule has 0 bridgehead atoms. The van der Waals surface area contributed by atoms with E-state index in [1.165, 1.54) is 0 Å². The summed E-state index contributed by atoms with van der Waals surface area (Å²) in [6, 6.07) is 0.264. The van der Waals surface area contributed by atoms with E-state index in [2.05, 4.69) is 22.5 Å². The third-order valence-corrected chi connectivity index (χ3v) is 2.33. The zero-order chi connectivity index (χ0) is 9.68. The van der Waals surface area contributed by atoms with Gasteiger partial charge in [0.05, 0.1) is 6.04 Å². The van der Waals surface area contributed by atoms with Gasteiger partial charge in [0.25, 0.3) is 0 Å². The van der Waals surface area contributed by atoms with Gasteiger partial charge in [0, 0.05) is 33.1 Å². The molecule has 0 radical (unpaired) electrons. The van der Waals surface area contributed by atoms with Crippen LogP contribution in [-0.2, 0) is 4.79 Å². The number of hydrogen-bond acceptors (Lipinski definition) is 3. The first-order valence-electron chi connectivity index (χ1n) is 4.92. The molecule has 13 heavy (non-hydrogen) atoms. The average molecular weight is 185 g/mol. The lowest BCUT2D eigenvalue weighted by molar-refractivity contribution is -0.119. The van der Waals surface area contributed by atoms with Crippen LogP contribution in [-0.4, -0.2) is 49.6 Å². The fraction of sp³-hybridized carbons (Fsp3) is 0.889. The predicted molar refractivity (Wildman–Crippen MR) is 52.6 cm³/mol. The van der Waals surface area contributed by atoms with Gasteiger partial charge in [-0.05, 0) is 6.54 Å². The molecule has 1 amide bonds. The summed E-state index contributed by atoms with van der Waals surface area (Å²) in [6.07, 6.45) is 0. The summed E-state index contributed by atoms with van der Waals surface area (Å²) in [5, 5.41) is 6.25. The van der Waals surface area contributed by atoms with E-state index in [1.54, 1.807) is 6.92 Å². The Morgan fingerprint density at radius 2 is 2.46 bits per heavy atom. The molecule has 0 saturated carbocycles. The molecule has 76 valence electrons. The first-order chi connectivity index (χ1) is 6.22. The minimum atomic E-state index is 0.0600. The summed E-state index contributed by atoms with van der Waals surface area (Å²) in [5.74, 6) is 0.0600. The predicted octanol–water partition coefficient (Wildman–Crippen LogP) is -0.584. The van der Waals surface area contributed by atoms with Gasteiger partial charge in [0.15, 0.2) is 0 Å². The van der Waals surface area contributed by atoms with Crippen molar-refractivity contribution in [2.75, 3.05) is 32.7 Å². The van der Waals surface area contributed by atoms with Crippen molar-refractivity contribution in [3.8, 4) is 0 Å². The zero-order valence-corrected chi connectivity index (χ0v) is 8.47. The smallest absolute Gasteiger partial charge is 0.217 e. The second kappa shape index (κ2) is 5.19. The molecule has 1 atom stereocenters. The summed E-state index contributed by atoms with van der Waals surface area (Å²) in [7, 11) is 0. The first-order valence-corrected chi connectivity index (χ1v) is 4.92. The lowest BCUT2D eigenvalue weighted by Gasteiger charge is -2.22. The highest BCUT2D eigenvalue weighted by Crippen LogP contribution is 1.95. The van der Waals surface area contributed by atoms with E-state index in [9.17, 15) is 4.79 Å². The molecule has 4 nitrogen and oxygen atoms in total. The summed E-state index contributed by atoms with van der Waals surface area (Å²) in [6.45, 7) is 8.71. The van der Waals surface area contributed by atoms with Crippen molar-refractivity contribution < 1.29 is 4.79 Å². The van der Waals surface area contributed by atoms with E-state index < -0.39 is 0 Å². The number of carbonyl (C=O) groups excluding carboxylic acids is 1. The molecule has 1 heterocycles. The van der Waals surface area contributed by atoms with E-state index in [0.29, 0.717) is 0 Å². The van der Waals surface area contributed by atoms with Gasteiger partial charge >= 0.3 is 0 Å². The van der Waals surface area contributed by atoms with Gasteiger partial charge in [0.2, 0.25) is 5.91 Å². The summed E-state index contributed by atoms with van der Waals surface area (Å²) in [5.41, 5.74) is 0. The van der Waals surface area contributed by atoms with Gasteiger partial charge < -0.3 is 15.5 Å². The molecule has 0 spiro atoms. The number of nitrogens with zero attached hydrogens (tertiary/aromatic N) is 1. The van der Waals surface area contributed by atoms with Crippen molar-refractivity contribution in [1.82, 2.24) is 15.5 Å². The maximum Gasteiger partial charge on any atom is 0.217 e. The highest BCUT2D eigenvalue weighted by molar-refractivity contribution is 5.73. The van der Waals surface area contributed by atoms with E-state index in [-0.39, 0.29) is 11.9 Å². The fourth-order valence-corrected chi connectivity index (χ4v) is 1.65. The number of hydrogen-bond donors (Lipinski definition) is 2. The Kier molecular flexibility index (Phi) is 4.18. The standard InChI is InChI=1S/C9H19N3O/c1-3-12-5-4-10-6-9(7-12)11-8(2)13/h9-10H,3-7H2,1-2H3,(H,11,13)/t9-/m0/s1. The number of likely N-dealkylation sites (N-methyl/N-ethyl adjacent to an activating group) is 1. The molecule has 0 aromatic rings. The quantitative estimate of drug-likeness (QED) is 0.605. The summed E-state index contributed by atoms with van der Waals surface area (Å²) >= 11 is 0. The van der Waals surface area contributed by atoms with Crippen LogP contribution < -0.4 is 10.6 Å². The summed E-state index contributed by atoms with van der Waals surface area (Å²) < 4.78 is 0. The normalized spacial score (nSPS) is 25.2. The number of nitrogens with one attached hydrogen (secondary N) is 2. The maximum absolute atomic E-state index is 10.9. The van der Waals surface area contributed by atoms with E-state index in [0.717, 1.165) is 32.7 Å². The van der Waals surface area contributed by atoms with Crippen molar-refractivity contribution in [3.05, 3.63) is 0 Å². The van der Waals surface area contributed by atoms with Crippen molar-refractivity contribution in [2.45, 2.75) is 19.9 Å².